The van der Waals surface area contributed by atoms with E-state index in [2.05, 4.69) is 127 Å². The lowest BCUT2D eigenvalue weighted by Gasteiger charge is -2.17. The first-order valence-electron chi connectivity index (χ1n) is 13.0. The zero-order valence-electron chi connectivity index (χ0n) is 21.6. The molecule has 0 fully saturated rings. The highest BCUT2D eigenvalue weighted by atomic mass is 127. The Bertz CT molecular complexity index is 1020. The van der Waals surface area contributed by atoms with E-state index in [0.717, 1.165) is 25.2 Å². The summed E-state index contributed by atoms with van der Waals surface area (Å²) >= 11 is 2.37. The second-order valence-electron chi connectivity index (χ2n) is 9.38. The van der Waals surface area contributed by atoms with Crippen LogP contribution in [0, 0.1) is 3.57 Å². The molecule has 0 saturated heterocycles. The summed E-state index contributed by atoms with van der Waals surface area (Å²) in [7, 11) is 4.30. The molecule has 3 aromatic rings. The van der Waals surface area contributed by atoms with E-state index < -0.39 is 0 Å². The molecule has 0 aromatic heterocycles. The maximum absolute atomic E-state index is 6.07. The maximum atomic E-state index is 6.07. The topological polar surface area (TPSA) is 12.5 Å². The summed E-state index contributed by atoms with van der Waals surface area (Å²) in [4.78, 5) is 2.27. The van der Waals surface area contributed by atoms with Gasteiger partial charge >= 0.3 is 0 Å². The molecular weight excluding hydrogens is 541 g/mol. The van der Waals surface area contributed by atoms with Crippen LogP contribution in [-0.2, 0) is 0 Å². The number of rotatable bonds is 14. The Balaban J connectivity index is 1.64. The molecular formula is C32H40INO. The summed E-state index contributed by atoms with van der Waals surface area (Å²) in [5, 5.41) is 0. The van der Waals surface area contributed by atoms with E-state index in [0.29, 0.717) is 0 Å². The third kappa shape index (κ3) is 9.12. The molecule has 0 unspecified atom stereocenters. The highest BCUT2D eigenvalue weighted by Gasteiger charge is 2.13. The van der Waals surface area contributed by atoms with E-state index in [9.17, 15) is 0 Å². The van der Waals surface area contributed by atoms with E-state index in [1.807, 2.05) is 0 Å². The van der Waals surface area contributed by atoms with Crippen LogP contribution in [0.5, 0.6) is 5.75 Å². The third-order valence-corrected chi connectivity index (χ3v) is 7.04. The number of hydrogen-bond acceptors (Lipinski definition) is 2. The van der Waals surface area contributed by atoms with E-state index >= 15 is 0 Å². The Morgan fingerprint density at radius 3 is 1.86 bits per heavy atom. The van der Waals surface area contributed by atoms with E-state index in [-0.39, 0.29) is 0 Å². The Labute approximate surface area is 226 Å². The average Bonchev–Trinajstić information content (AvgIpc) is 2.88. The van der Waals surface area contributed by atoms with Crippen LogP contribution in [0.1, 0.15) is 68.6 Å². The van der Waals surface area contributed by atoms with Crippen molar-refractivity contribution in [2.24, 2.45) is 0 Å². The van der Waals surface area contributed by atoms with Crippen LogP contribution in [0.3, 0.4) is 0 Å². The molecule has 0 N–H and O–H groups in total. The van der Waals surface area contributed by atoms with E-state index in [1.54, 1.807) is 0 Å². The highest BCUT2D eigenvalue weighted by molar-refractivity contribution is 14.1. The average molecular weight is 582 g/mol. The Kier molecular flexibility index (Phi) is 11.9. The molecule has 0 aliphatic heterocycles. The summed E-state index contributed by atoms with van der Waals surface area (Å²) in [6, 6.07) is 28.3. The van der Waals surface area contributed by atoms with Crippen molar-refractivity contribution in [3.05, 3.63) is 99.1 Å². The Morgan fingerprint density at radius 1 is 0.686 bits per heavy atom. The molecule has 0 radical (unpaired) electrons. The van der Waals surface area contributed by atoms with Gasteiger partial charge in [-0.05, 0) is 115 Å². The van der Waals surface area contributed by atoms with E-state index in [4.69, 9.17) is 4.74 Å². The van der Waals surface area contributed by atoms with Crippen molar-refractivity contribution < 1.29 is 4.74 Å². The van der Waals surface area contributed by atoms with Crippen LogP contribution in [0.15, 0.2) is 78.9 Å². The first-order valence-corrected chi connectivity index (χ1v) is 14.1. The summed E-state index contributed by atoms with van der Waals surface area (Å²) in [6.07, 6.45) is 8.61. The van der Waals surface area contributed by atoms with E-state index in [1.165, 1.54) is 70.1 Å². The number of nitrogens with zero attached hydrogens (tertiary/aromatic N) is 1. The summed E-state index contributed by atoms with van der Waals surface area (Å²) in [6.45, 7) is 4.24. The molecule has 0 aliphatic rings. The molecule has 3 aromatic carbocycles. The van der Waals surface area contributed by atoms with Crippen molar-refractivity contribution in [1.29, 1.82) is 0 Å². The molecule has 35 heavy (non-hydrogen) atoms. The fraction of sp³-hybridized carbons (Fsp3) is 0.375. The van der Waals surface area contributed by atoms with Crippen LogP contribution in [0.25, 0.3) is 11.1 Å². The standard InChI is InChI=1S/C32H40INO/c1-4-31(26-14-10-9-11-15-26)32(27-16-20-29(33)21-17-27)28-18-22-30(23-19-28)35-25-13-8-6-5-7-12-24-34(2)3/h9-11,14-23H,4-8,12-13,24-25H2,1-3H3/b32-31+. The smallest absolute Gasteiger partial charge is 0.119 e. The van der Waals surface area contributed by atoms with Crippen LogP contribution >= 0.6 is 22.6 Å². The second kappa shape index (κ2) is 15.1. The first kappa shape index (κ1) is 27.5. The monoisotopic (exact) mass is 581 g/mol. The minimum Gasteiger partial charge on any atom is -0.494 e. The van der Waals surface area contributed by atoms with Crippen molar-refractivity contribution >= 4 is 33.7 Å². The quantitative estimate of drug-likeness (QED) is 0.107. The number of ether oxygens (including phenoxy) is 1. The predicted molar refractivity (Wildman–Crippen MR) is 160 cm³/mol. The molecule has 0 amide bonds. The van der Waals surface area contributed by atoms with Crippen molar-refractivity contribution in [3.8, 4) is 5.75 Å². The molecule has 3 heteroatoms. The molecule has 0 spiro atoms. The van der Waals surface area contributed by atoms with Crippen molar-refractivity contribution in [3.63, 3.8) is 0 Å². The molecule has 0 bridgehead atoms. The third-order valence-electron chi connectivity index (χ3n) is 6.32. The van der Waals surface area contributed by atoms with Gasteiger partial charge in [0.1, 0.15) is 5.75 Å². The van der Waals surface area contributed by atoms with Gasteiger partial charge in [0.15, 0.2) is 0 Å². The van der Waals surface area contributed by atoms with Gasteiger partial charge in [-0.3, -0.25) is 0 Å². The first-order chi connectivity index (χ1) is 17.1. The highest BCUT2D eigenvalue weighted by Crippen LogP contribution is 2.35. The van der Waals surface area contributed by atoms with Crippen molar-refractivity contribution in [2.45, 2.75) is 51.9 Å². The van der Waals surface area contributed by atoms with Gasteiger partial charge in [0.25, 0.3) is 0 Å². The van der Waals surface area contributed by atoms with Gasteiger partial charge in [-0.1, -0.05) is 87.2 Å². The van der Waals surface area contributed by atoms with Gasteiger partial charge in [-0.15, -0.1) is 0 Å². The minimum atomic E-state index is 0.793. The minimum absolute atomic E-state index is 0.793. The maximum Gasteiger partial charge on any atom is 0.119 e. The zero-order chi connectivity index (χ0) is 24.9. The summed E-state index contributed by atoms with van der Waals surface area (Å²) in [5.74, 6) is 0.958. The zero-order valence-corrected chi connectivity index (χ0v) is 23.8. The molecule has 2 nitrogen and oxygen atoms in total. The number of benzene rings is 3. The second-order valence-corrected chi connectivity index (χ2v) is 10.6. The number of halogens is 1. The lowest BCUT2D eigenvalue weighted by atomic mass is 9.88. The molecule has 0 saturated carbocycles. The van der Waals surface area contributed by atoms with Crippen molar-refractivity contribution in [2.75, 3.05) is 27.2 Å². The lowest BCUT2D eigenvalue weighted by molar-refractivity contribution is 0.304. The van der Waals surface area contributed by atoms with Crippen LogP contribution in [-0.4, -0.2) is 32.1 Å². The molecule has 0 heterocycles. The molecule has 186 valence electrons. The largest absolute Gasteiger partial charge is 0.494 e. The van der Waals surface area contributed by atoms with Crippen LogP contribution < -0.4 is 4.74 Å². The SMILES string of the molecule is CC/C(=C(/c1ccc(I)cc1)c1ccc(OCCCCCCCCN(C)C)cc1)c1ccccc1. The normalized spacial score (nSPS) is 12.0. The van der Waals surface area contributed by atoms with Gasteiger partial charge in [-0.25, -0.2) is 0 Å². The molecule has 0 aliphatic carbocycles. The fourth-order valence-electron chi connectivity index (χ4n) is 4.44. The number of hydrogen-bond donors (Lipinski definition) is 0. The summed E-state index contributed by atoms with van der Waals surface area (Å²) in [5.41, 5.74) is 6.44. The Hall–Kier alpha value is -2.11. The fourth-order valence-corrected chi connectivity index (χ4v) is 4.80. The summed E-state index contributed by atoms with van der Waals surface area (Å²) < 4.78 is 7.32. The van der Waals surface area contributed by atoms with Crippen LogP contribution in [0.4, 0.5) is 0 Å². The molecule has 0 atom stereocenters. The van der Waals surface area contributed by atoms with Gasteiger partial charge in [0, 0.05) is 3.57 Å². The van der Waals surface area contributed by atoms with Crippen LogP contribution in [0.2, 0.25) is 0 Å². The van der Waals surface area contributed by atoms with Gasteiger partial charge < -0.3 is 9.64 Å². The number of unbranched alkanes of at least 4 members (excludes halogenated alkanes) is 5. The van der Waals surface area contributed by atoms with Crippen molar-refractivity contribution in [1.82, 2.24) is 4.90 Å². The lowest BCUT2D eigenvalue weighted by Crippen LogP contribution is -2.12. The van der Waals surface area contributed by atoms with Gasteiger partial charge in [0.05, 0.1) is 6.61 Å². The van der Waals surface area contributed by atoms with Gasteiger partial charge in [0.2, 0.25) is 0 Å². The van der Waals surface area contributed by atoms with Gasteiger partial charge in [-0.2, -0.15) is 0 Å². The number of allylic oxidation sites excluding steroid dienone is 1. The predicted octanol–water partition coefficient (Wildman–Crippen LogP) is 8.94. The molecule has 3 rings (SSSR count). The Morgan fingerprint density at radius 2 is 1.26 bits per heavy atom.